The van der Waals surface area contributed by atoms with Gasteiger partial charge in [-0.05, 0) is 43.9 Å². The lowest BCUT2D eigenvalue weighted by atomic mass is 9.75. The number of nitrogens with zero attached hydrogens (tertiary/aromatic N) is 1. The summed E-state index contributed by atoms with van der Waals surface area (Å²) in [7, 11) is 0.603. The van der Waals surface area contributed by atoms with Gasteiger partial charge in [0, 0.05) is 19.4 Å². The summed E-state index contributed by atoms with van der Waals surface area (Å²) >= 11 is 0. The highest BCUT2D eigenvalue weighted by atomic mass is 28.2. The first-order valence-electron chi connectivity index (χ1n) is 11.0. The van der Waals surface area contributed by atoms with E-state index in [0.29, 0.717) is 28.2 Å². The second-order valence-corrected chi connectivity index (χ2v) is 10.1. The minimum atomic E-state index is -0.924. The summed E-state index contributed by atoms with van der Waals surface area (Å²) in [5.74, 6) is -0.0586. The van der Waals surface area contributed by atoms with E-state index in [9.17, 15) is 14.9 Å². The summed E-state index contributed by atoms with van der Waals surface area (Å²) in [4.78, 5) is 23.2. The van der Waals surface area contributed by atoms with E-state index in [4.69, 9.17) is 13.9 Å². The van der Waals surface area contributed by atoms with Crippen molar-refractivity contribution >= 4 is 22.1 Å². The van der Waals surface area contributed by atoms with Crippen molar-refractivity contribution in [2.24, 2.45) is 5.41 Å². The molecule has 0 N–H and O–H groups in total. The molecule has 0 saturated heterocycles. The Hall–Kier alpha value is -2.71. The average molecular weight is 474 g/mol. The first kappa shape index (κ1) is 26.5. The second kappa shape index (κ2) is 10.5. The van der Waals surface area contributed by atoms with Crippen molar-refractivity contribution in [2.75, 3.05) is 0 Å². The maximum atomic E-state index is 11.9. The van der Waals surface area contributed by atoms with Crippen LogP contribution in [0.4, 0.5) is 5.69 Å². The highest BCUT2D eigenvalue weighted by molar-refractivity contribution is 5.98. The van der Waals surface area contributed by atoms with Gasteiger partial charge >= 0.3 is 5.97 Å². The van der Waals surface area contributed by atoms with Gasteiger partial charge in [0.05, 0.1) is 22.2 Å². The molecule has 0 amide bonds. The number of hydrogen-bond donors (Lipinski definition) is 0. The fraction of sp³-hybridized carbons (Fsp3) is 0.480. The third kappa shape index (κ3) is 6.64. The third-order valence-electron chi connectivity index (χ3n) is 6.19. The number of rotatable bonds is 9. The van der Waals surface area contributed by atoms with Crippen LogP contribution in [0.2, 0.25) is 0 Å². The maximum absolute atomic E-state index is 11.9. The Labute approximate surface area is 199 Å². The van der Waals surface area contributed by atoms with Gasteiger partial charge in [-0.2, -0.15) is 0 Å². The average Bonchev–Trinajstić information content (AvgIpc) is 2.71. The molecule has 7 nitrogen and oxygen atoms in total. The topological polar surface area (TPSA) is 87.9 Å². The van der Waals surface area contributed by atoms with Crippen LogP contribution in [0.15, 0.2) is 42.5 Å². The van der Waals surface area contributed by atoms with E-state index in [-0.39, 0.29) is 28.4 Å². The fourth-order valence-corrected chi connectivity index (χ4v) is 4.50. The van der Waals surface area contributed by atoms with Gasteiger partial charge < -0.3 is 13.9 Å². The van der Waals surface area contributed by atoms with E-state index in [0.717, 1.165) is 5.56 Å². The third-order valence-corrected chi connectivity index (χ3v) is 7.09. The molecule has 0 heterocycles. The van der Waals surface area contributed by atoms with Crippen LogP contribution in [0.5, 0.6) is 5.75 Å². The van der Waals surface area contributed by atoms with Crippen LogP contribution in [0.1, 0.15) is 70.8 Å². The summed E-state index contributed by atoms with van der Waals surface area (Å²) < 4.78 is 17.7. The summed E-state index contributed by atoms with van der Waals surface area (Å²) in [6, 6.07) is 11.9. The molecule has 3 atom stereocenters. The molecule has 0 aromatic heterocycles. The lowest BCUT2D eigenvalue weighted by molar-refractivity contribution is -0.386. The SMILES string of the molecule is CC(=O)OC(c1ccc(C)cc1)c1cc(OC(C)CC(C)(O[SiH3])C(C)(C)C)ccc1[N+](=O)[O-]. The number of hydrogen-bond acceptors (Lipinski definition) is 6. The molecule has 0 aliphatic carbocycles. The summed E-state index contributed by atoms with van der Waals surface area (Å²) in [5.41, 5.74) is 1.35. The molecule has 0 aliphatic heterocycles. The number of benzene rings is 2. The number of nitro groups is 1. The van der Waals surface area contributed by atoms with Gasteiger partial charge in [0.1, 0.15) is 16.2 Å². The molecule has 3 unspecified atom stereocenters. The van der Waals surface area contributed by atoms with Gasteiger partial charge in [-0.1, -0.05) is 50.6 Å². The number of ether oxygens (including phenoxy) is 2. The van der Waals surface area contributed by atoms with Crippen molar-refractivity contribution in [3.05, 3.63) is 69.3 Å². The van der Waals surface area contributed by atoms with Gasteiger partial charge in [0.25, 0.3) is 5.69 Å². The molecule has 8 heteroatoms. The van der Waals surface area contributed by atoms with Crippen LogP contribution in [0.25, 0.3) is 0 Å². The van der Waals surface area contributed by atoms with Crippen molar-refractivity contribution in [3.63, 3.8) is 0 Å². The van der Waals surface area contributed by atoms with Crippen LogP contribution >= 0.6 is 0 Å². The van der Waals surface area contributed by atoms with Crippen molar-refractivity contribution < 1.29 is 23.6 Å². The molecule has 0 aliphatic rings. The fourth-order valence-electron chi connectivity index (χ4n) is 3.72. The smallest absolute Gasteiger partial charge is 0.303 e. The Kier molecular flexibility index (Phi) is 8.43. The molecular weight excluding hydrogens is 438 g/mol. The first-order valence-corrected chi connectivity index (χ1v) is 11.8. The molecule has 0 bridgehead atoms. The van der Waals surface area contributed by atoms with Crippen LogP contribution in [-0.2, 0) is 14.0 Å². The predicted octanol–water partition coefficient (Wildman–Crippen LogP) is 4.81. The van der Waals surface area contributed by atoms with Crippen LogP contribution in [-0.4, -0.2) is 33.1 Å². The van der Waals surface area contributed by atoms with Gasteiger partial charge in [-0.3, -0.25) is 14.9 Å². The summed E-state index contributed by atoms with van der Waals surface area (Å²) in [5, 5.41) is 11.8. The largest absolute Gasteiger partial charge is 0.491 e. The highest BCUT2D eigenvalue weighted by Crippen LogP contribution is 2.39. The Bertz CT molecular complexity index is 985. The number of nitro benzene ring substituents is 1. The first-order chi connectivity index (χ1) is 15.3. The Morgan fingerprint density at radius 2 is 1.73 bits per heavy atom. The second-order valence-electron chi connectivity index (χ2n) is 9.70. The molecule has 0 fully saturated rings. The lowest BCUT2D eigenvalue weighted by Crippen LogP contribution is -2.45. The summed E-state index contributed by atoms with van der Waals surface area (Å²) in [6.45, 7) is 13.7. The van der Waals surface area contributed by atoms with Crippen molar-refractivity contribution in [3.8, 4) is 5.75 Å². The number of carbonyl (C=O) groups is 1. The van der Waals surface area contributed by atoms with Gasteiger partial charge in [-0.15, -0.1) is 0 Å². The zero-order valence-electron chi connectivity index (χ0n) is 20.8. The van der Waals surface area contributed by atoms with Crippen LogP contribution < -0.4 is 4.74 Å². The molecule has 2 rings (SSSR count). The predicted molar refractivity (Wildman–Crippen MR) is 131 cm³/mol. The van der Waals surface area contributed by atoms with Crippen molar-refractivity contribution in [1.29, 1.82) is 0 Å². The molecule has 0 radical (unpaired) electrons. The minimum absolute atomic E-state index is 0.0845. The Balaban J connectivity index is 2.45. The van der Waals surface area contributed by atoms with E-state index in [1.807, 2.05) is 26.0 Å². The van der Waals surface area contributed by atoms with E-state index in [2.05, 4.69) is 27.7 Å². The highest BCUT2D eigenvalue weighted by Gasteiger charge is 2.38. The Morgan fingerprint density at radius 1 is 1.12 bits per heavy atom. The molecule has 2 aromatic rings. The number of esters is 1. The number of aryl methyl sites for hydroxylation is 1. The molecule has 33 heavy (non-hydrogen) atoms. The number of carbonyl (C=O) groups excluding carboxylic acids is 1. The normalized spacial score (nSPS) is 15.4. The van der Waals surface area contributed by atoms with Gasteiger partial charge in [-0.25, -0.2) is 0 Å². The van der Waals surface area contributed by atoms with E-state index in [1.54, 1.807) is 24.3 Å². The lowest BCUT2D eigenvalue weighted by Gasteiger charge is -2.43. The molecule has 2 aromatic carbocycles. The molecule has 0 spiro atoms. The van der Waals surface area contributed by atoms with Gasteiger partial charge in [0.2, 0.25) is 0 Å². The molecule has 0 saturated carbocycles. The van der Waals surface area contributed by atoms with Crippen LogP contribution in [0, 0.1) is 22.5 Å². The standard InChI is InChI=1S/C25H35NO6Si/c1-16-8-10-19(11-9-16)23(31-18(3)27)21-14-20(12-13-22(21)26(28)29)30-17(2)15-25(7,32-33)24(4,5)6/h8-14,17,23H,15H2,1-7,33H3. The monoisotopic (exact) mass is 473 g/mol. The quantitative estimate of drug-likeness (QED) is 0.225. The van der Waals surface area contributed by atoms with E-state index >= 15 is 0 Å². The zero-order valence-corrected chi connectivity index (χ0v) is 22.8. The van der Waals surface area contributed by atoms with Crippen molar-refractivity contribution in [2.45, 2.75) is 72.7 Å². The molecular formula is C25H35NO6Si. The van der Waals surface area contributed by atoms with E-state index < -0.39 is 17.0 Å². The van der Waals surface area contributed by atoms with Crippen LogP contribution in [0.3, 0.4) is 0 Å². The van der Waals surface area contributed by atoms with E-state index in [1.165, 1.54) is 13.0 Å². The Morgan fingerprint density at radius 3 is 2.21 bits per heavy atom. The zero-order chi connectivity index (χ0) is 25.0. The minimum Gasteiger partial charge on any atom is -0.491 e. The van der Waals surface area contributed by atoms with Crippen molar-refractivity contribution in [1.82, 2.24) is 0 Å². The van der Waals surface area contributed by atoms with Gasteiger partial charge in [0.15, 0.2) is 6.10 Å². The maximum Gasteiger partial charge on any atom is 0.303 e. The summed E-state index contributed by atoms with van der Waals surface area (Å²) in [6.07, 6.45) is -0.478. The molecule has 180 valence electrons.